The molecule has 0 saturated heterocycles. The molecule has 0 unspecified atom stereocenters. The number of aromatic nitrogens is 4. The summed E-state index contributed by atoms with van der Waals surface area (Å²) in [5, 5.41) is 3.19. The normalized spacial score (nSPS) is 11.0. The Kier molecular flexibility index (Phi) is 6.16. The number of rotatable bonds is 8. The average molecular weight is 399 g/mol. The molecule has 0 aliphatic rings. The van der Waals surface area contributed by atoms with Gasteiger partial charge < -0.3 is 14.6 Å². The summed E-state index contributed by atoms with van der Waals surface area (Å²) in [6, 6.07) is 7.01. The van der Waals surface area contributed by atoms with Crippen LogP contribution in [-0.4, -0.2) is 32.2 Å². The van der Waals surface area contributed by atoms with Crippen molar-refractivity contribution in [3.8, 4) is 0 Å². The van der Waals surface area contributed by atoms with Gasteiger partial charge in [0.15, 0.2) is 11.2 Å². The molecule has 154 valence electrons. The van der Waals surface area contributed by atoms with Crippen molar-refractivity contribution < 1.29 is 9.53 Å². The van der Waals surface area contributed by atoms with Gasteiger partial charge in [-0.2, -0.15) is 0 Å². The van der Waals surface area contributed by atoms with Crippen molar-refractivity contribution in [1.29, 1.82) is 0 Å². The van der Waals surface area contributed by atoms with Crippen molar-refractivity contribution >= 4 is 22.8 Å². The third-order valence-electron chi connectivity index (χ3n) is 4.79. The largest absolute Gasteiger partial charge is 0.465 e. The number of aromatic amines is 1. The van der Waals surface area contributed by atoms with Crippen LogP contribution in [0.4, 0.5) is 5.69 Å². The first kappa shape index (κ1) is 20.4. The van der Waals surface area contributed by atoms with Gasteiger partial charge in [-0.1, -0.05) is 25.5 Å². The van der Waals surface area contributed by atoms with E-state index < -0.39 is 17.2 Å². The molecule has 9 heteroatoms. The van der Waals surface area contributed by atoms with E-state index in [0.717, 1.165) is 12.8 Å². The lowest BCUT2D eigenvalue weighted by molar-refractivity contribution is 0.0602. The lowest BCUT2D eigenvalue weighted by atomic mass is 10.2. The van der Waals surface area contributed by atoms with E-state index in [9.17, 15) is 14.4 Å². The van der Waals surface area contributed by atoms with Gasteiger partial charge in [-0.15, -0.1) is 0 Å². The van der Waals surface area contributed by atoms with Crippen LogP contribution in [0.3, 0.4) is 0 Å². The maximum absolute atomic E-state index is 12.5. The molecule has 0 aliphatic carbocycles. The molecule has 2 heterocycles. The van der Waals surface area contributed by atoms with Gasteiger partial charge >= 0.3 is 11.7 Å². The number of nitrogens with zero attached hydrogens (tertiary/aromatic N) is 3. The third-order valence-corrected chi connectivity index (χ3v) is 4.79. The highest BCUT2D eigenvalue weighted by atomic mass is 16.5. The number of hydrogen-bond donors (Lipinski definition) is 2. The molecule has 0 radical (unpaired) electrons. The summed E-state index contributed by atoms with van der Waals surface area (Å²) in [6.45, 7) is 5.22. The zero-order chi connectivity index (χ0) is 21.0. The molecule has 0 amide bonds. The minimum Gasteiger partial charge on any atom is -0.465 e. The molecule has 0 spiro atoms. The van der Waals surface area contributed by atoms with Gasteiger partial charge in [0.1, 0.15) is 5.82 Å². The van der Waals surface area contributed by atoms with Crippen LogP contribution in [0.5, 0.6) is 0 Å². The maximum atomic E-state index is 12.5. The second-order valence-corrected chi connectivity index (χ2v) is 6.60. The zero-order valence-corrected chi connectivity index (χ0v) is 16.8. The quantitative estimate of drug-likeness (QED) is 0.561. The Labute approximate surface area is 167 Å². The van der Waals surface area contributed by atoms with Crippen molar-refractivity contribution in [2.75, 3.05) is 12.4 Å². The van der Waals surface area contributed by atoms with Crippen LogP contribution in [0, 0.1) is 0 Å². The van der Waals surface area contributed by atoms with Gasteiger partial charge in [-0.3, -0.25) is 14.3 Å². The number of aryl methyl sites for hydroxylation is 2. The van der Waals surface area contributed by atoms with Crippen LogP contribution in [0.15, 0.2) is 33.9 Å². The predicted octanol–water partition coefficient (Wildman–Crippen LogP) is 2.10. The highest BCUT2D eigenvalue weighted by Gasteiger charge is 2.18. The lowest BCUT2D eigenvalue weighted by Crippen LogP contribution is -2.31. The minimum absolute atomic E-state index is 0.276. The molecule has 0 saturated carbocycles. The number of ether oxygens (including phenoxy) is 1. The smallest absolute Gasteiger partial charge is 0.339 e. The maximum Gasteiger partial charge on any atom is 0.339 e. The molecule has 3 rings (SSSR count). The zero-order valence-electron chi connectivity index (χ0n) is 16.8. The van der Waals surface area contributed by atoms with Crippen molar-refractivity contribution in [2.45, 2.75) is 46.3 Å². The summed E-state index contributed by atoms with van der Waals surface area (Å²) in [5.41, 5.74) is 0.868. The van der Waals surface area contributed by atoms with E-state index >= 15 is 0 Å². The van der Waals surface area contributed by atoms with Gasteiger partial charge in [0.2, 0.25) is 0 Å². The van der Waals surface area contributed by atoms with Crippen LogP contribution in [0.1, 0.15) is 42.9 Å². The first-order valence-corrected chi connectivity index (χ1v) is 9.65. The third kappa shape index (κ3) is 3.94. The van der Waals surface area contributed by atoms with E-state index in [1.165, 1.54) is 11.7 Å². The lowest BCUT2D eigenvalue weighted by Gasteiger charge is -2.11. The van der Waals surface area contributed by atoms with Crippen LogP contribution in [-0.2, 0) is 24.4 Å². The molecular formula is C20H25N5O4. The highest BCUT2D eigenvalue weighted by Crippen LogP contribution is 2.18. The summed E-state index contributed by atoms with van der Waals surface area (Å²) in [5.74, 6) is 0.158. The number of imidazole rings is 1. The number of unbranched alkanes of at least 4 members (excludes halogenated alkanes) is 1. The number of hydrogen-bond acceptors (Lipinski definition) is 6. The molecule has 0 atom stereocenters. The Bertz CT molecular complexity index is 1140. The van der Waals surface area contributed by atoms with Gasteiger partial charge in [-0.05, 0) is 25.5 Å². The van der Waals surface area contributed by atoms with E-state index in [0.29, 0.717) is 41.3 Å². The molecule has 9 nitrogen and oxygen atoms in total. The number of fused-ring (bicyclic) bond motifs is 1. The van der Waals surface area contributed by atoms with E-state index in [1.54, 1.807) is 22.8 Å². The number of para-hydroxylation sites is 1. The van der Waals surface area contributed by atoms with Crippen LogP contribution in [0.2, 0.25) is 0 Å². The van der Waals surface area contributed by atoms with E-state index in [4.69, 9.17) is 4.74 Å². The fourth-order valence-electron chi connectivity index (χ4n) is 3.32. The first-order chi connectivity index (χ1) is 14.0. The topological polar surface area (TPSA) is 111 Å². The molecule has 2 aromatic heterocycles. The standard InChI is InChI=1S/C20H25N5O4/c1-4-6-11-25-17-16(18(26)23-20(25)28)24(5-2)15(22-17)12-21-14-10-8-7-9-13(14)19(27)29-3/h7-10,21H,4-6,11-12H2,1-3H3,(H,23,26,28). The van der Waals surface area contributed by atoms with Crippen LogP contribution in [0.25, 0.3) is 11.2 Å². The Morgan fingerprint density at radius 2 is 1.97 bits per heavy atom. The predicted molar refractivity (Wildman–Crippen MR) is 110 cm³/mol. The molecule has 1 aromatic carbocycles. The van der Waals surface area contributed by atoms with Crippen LogP contribution < -0.4 is 16.6 Å². The summed E-state index contributed by atoms with van der Waals surface area (Å²) >= 11 is 0. The number of methoxy groups -OCH3 is 1. The molecule has 29 heavy (non-hydrogen) atoms. The molecule has 0 aliphatic heterocycles. The number of carbonyl (C=O) groups is 1. The second-order valence-electron chi connectivity index (χ2n) is 6.60. The number of benzene rings is 1. The number of H-pyrrole nitrogens is 1. The Morgan fingerprint density at radius 1 is 1.21 bits per heavy atom. The average Bonchev–Trinajstić information content (AvgIpc) is 3.10. The number of anilines is 1. The van der Waals surface area contributed by atoms with E-state index in [-0.39, 0.29) is 6.54 Å². The monoisotopic (exact) mass is 399 g/mol. The molecule has 0 bridgehead atoms. The van der Waals surface area contributed by atoms with Gasteiger partial charge in [0.05, 0.1) is 19.2 Å². The van der Waals surface area contributed by atoms with Gasteiger partial charge in [0.25, 0.3) is 5.56 Å². The fourth-order valence-corrected chi connectivity index (χ4v) is 3.32. The van der Waals surface area contributed by atoms with Crippen molar-refractivity contribution in [1.82, 2.24) is 19.1 Å². The van der Waals surface area contributed by atoms with E-state index in [1.807, 2.05) is 19.9 Å². The van der Waals surface area contributed by atoms with Crippen molar-refractivity contribution in [3.63, 3.8) is 0 Å². The highest BCUT2D eigenvalue weighted by molar-refractivity contribution is 5.95. The van der Waals surface area contributed by atoms with Gasteiger partial charge in [-0.25, -0.2) is 14.6 Å². The second kappa shape index (κ2) is 8.76. The summed E-state index contributed by atoms with van der Waals surface area (Å²) < 4.78 is 8.11. The summed E-state index contributed by atoms with van der Waals surface area (Å²) in [4.78, 5) is 43.7. The van der Waals surface area contributed by atoms with Gasteiger partial charge in [0, 0.05) is 18.8 Å². The Balaban J connectivity index is 2.03. The summed E-state index contributed by atoms with van der Waals surface area (Å²) in [6.07, 6.45) is 1.72. The molecule has 2 N–H and O–H groups in total. The number of nitrogens with one attached hydrogen (secondary N) is 2. The molecule has 3 aromatic rings. The fraction of sp³-hybridized carbons (Fsp3) is 0.400. The number of carbonyl (C=O) groups excluding carboxylic acids is 1. The molecule has 0 fully saturated rings. The van der Waals surface area contributed by atoms with E-state index in [2.05, 4.69) is 15.3 Å². The summed E-state index contributed by atoms with van der Waals surface area (Å²) in [7, 11) is 1.33. The van der Waals surface area contributed by atoms with Crippen LogP contribution >= 0.6 is 0 Å². The first-order valence-electron chi connectivity index (χ1n) is 9.65. The van der Waals surface area contributed by atoms with Crippen molar-refractivity contribution in [2.24, 2.45) is 0 Å². The van der Waals surface area contributed by atoms with Crippen molar-refractivity contribution in [3.05, 3.63) is 56.5 Å². The molecular weight excluding hydrogens is 374 g/mol. The Morgan fingerprint density at radius 3 is 2.66 bits per heavy atom. The SMILES string of the molecule is CCCCn1c(=O)[nH]c(=O)c2c1nc(CNc1ccccc1C(=O)OC)n2CC. The minimum atomic E-state index is -0.452. The number of esters is 1. The Hall–Kier alpha value is -3.36.